The number of fused-ring (bicyclic) bond motifs is 2. The van der Waals surface area contributed by atoms with Gasteiger partial charge in [0.1, 0.15) is 17.1 Å². The number of carbonyl (C=O) groups excluding carboxylic acids is 3. The fourth-order valence-electron chi connectivity index (χ4n) is 4.95. The molecule has 4 aromatic rings. The summed E-state index contributed by atoms with van der Waals surface area (Å²) in [5.41, 5.74) is 2.74. The van der Waals surface area contributed by atoms with E-state index in [1.165, 1.54) is 0 Å². The number of nitrogens with one attached hydrogen (secondary N) is 3. The zero-order chi connectivity index (χ0) is 38.0. The molecule has 276 valence electrons. The van der Waals surface area contributed by atoms with E-state index in [0.29, 0.717) is 23.0 Å². The van der Waals surface area contributed by atoms with Crippen LogP contribution >= 0.6 is 23.5 Å². The number of hydrogen-bond acceptors (Lipinski definition) is 11. The molecule has 3 N–H and O–H groups in total. The molecule has 2 aromatic heterocycles. The summed E-state index contributed by atoms with van der Waals surface area (Å²) >= 11 is 2.23. The van der Waals surface area contributed by atoms with Crippen molar-refractivity contribution in [1.82, 2.24) is 20.6 Å². The highest BCUT2D eigenvalue weighted by Gasteiger charge is 2.26. The van der Waals surface area contributed by atoms with Gasteiger partial charge in [0.05, 0.1) is 34.1 Å². The van der Waals surface area contributed by atoms with E-state index in [2.05, 4.69) is 39.4 Å². The monoisotopic (exact) mass is 754 g/mol. The Bertz CT molecular complexity index is 2120. The van der Waals surface area contributed by atoms with E-state index in [0.717, 1.165) is 93.6 Å². The molecule has 0 atom stereocenters. The Morgan fingerprint density at radius 3 is 1.77 bits per heavy atom. The van der Waals surface area contributed by atoms with E-state index in [1.807, 2.05) is 48.5 Å². The number of carbonyl (C=O) groups is 3. The third-order valence-electron chi connectivity index (χ3n) is 7.46. The lowest BCUT2D eigenvalue weighted by Gasteiger charge is -2.17. The molecule has 0 saturated carbocycles. The number of aromatic nitrogens is 2. The zero-order valence-corrected chi connectivity index (χ0v) is 31.9. The minimum Gasteiger partial charge on any atom is -0.493 e. The van der Waals surface area contributed by atoms with E-state index in [9.17, 15) is 14.4 Å². The number of unbranched alkanes of at least 4 members (excludes halogenated alkanes) is 2. The lowest BCUT2D eigenvalue weighted by molar-refractivity contribution is -0.116. The molecule has 2 fully saturated rings. The van der Waals surface area contributed by atoms with Gasteiger partial charge < -0.3 is 24.8 Å². The molecule has 0 spiro atoms. The van der Waals surface area contributed by atoms with Gasteiger partial charge in [0.2, 0.25) is 0 Å². The Morgan fingerprint density at radius 2 is 1.30 bits per heavy atom. The second kappa shape index (κ2) is 18.0. The Labute approximate surface area is 316 Å². The highest BCUT2D eigenvalue weighted by atomic mass is 32.2. The standard InChI is InChI=1S/C22H25N3O4S.C17H17N3O2S/c1-5-6-11-28-17-9-10-23-16-8-7-14(12-15(16)17)13-18-19(26)24-20(30-18)25-21(27)29-22(2,3)4;1-2-3-8-22-14-6-7-19-13-5-4-11(9-12(13)14)10-15-16(21)20-17(18)23-15/h7-10,12-13H,5-6,11H2,1-4H3,(H,24,25,26,27);4-7,9-10H,2-3,8H2,1H3,(H2,18,20,21)/b18-13-;15-10-. The second-order valence-electron chi connectivity index (χ2n) is 12.9. The van der Waals surface area contributed by atoms with E-state index in [1.54, 1.807) is 45.3 Å². The van der Waals surface area contributed by atoms with Gasteiger partial charge in [-0.3, -0.25) is 25.0 Å². The number of rotatable bonds is 10. The molecule has 3 amide bonds. The van der Waals surface area contributed by atoms with Gasteiger partial charge in [-0.1, -0.05) is 38.8 Å². The maximum absolute atomic E-state index is 12.3. The van der Waals surface area contributed by atoms with Gasteiger partial charge in [-0.2, -0.15) is 4.99 Å². The number of aliphatic imine (C=N–C) groups is 1. The summed E-state index contributed by atoms with van der Waals surface area (Å²) in [5.74, 6) is 1.03. The molecule has 0 aliphatic carbocycles. The average molecular weight is 755 g/mol. The van der Waals surface area contributed by atoms with Crippen LogP contribution in [0.5, 0.6) is 11.5 Å². The molecule has 4 heterocycles. The molecule has 2 aromatic carbocycles. The van der Waals surface area contributed by atoms with Crippen molar-refractivity contribution in [2.75, 3.05) is 13.2 Å². The molecule has 53 heavy (non-hydrogen) atoms. The van der Waals surface area contributed by atoms with Crippen molar-refractivity contribution in [2.24, 2.45) is 4.99 Å². The van der Waals surface area contributed by atoms with Crippen LogP contribution in [-0.2, 0) is 14.3 Å². The fourth-order valence-corrected chi connectivity index (χ4v) is 6.47. The number of ether oxygens (including phenoxy) is 3. The van der Waals surface area contributed by atoms with Gasteiger partial charge in [0.15, 0.2) is 10.3 Å². The maximum Gasteiger partial charge on any atom is 0.436 e. The first-order valence-electron chi connectivity index (χ1n) is 17.3. The lowest BCUT2D eigenvalue weighted by atomic mass is 10.1. The van der Waals surface area contributed by atoms with Crippen molar-refractivity contribution < 1.29 is 28.6 Å². The first-order chi connectivity index (χ1) is 25.4. The van der Waals surface area contributed by atoms with Crippen molar-refractivity contribution >= 4 is 85.7 Å². The summed E-state index contributed by atoms with van der Waals surface area (Å²) in [6, 6.07) is 15.2. The summed E-state index contributed by atoms with van der Waals surface area (Å²) in [7, 11) is 0. The average Bonchev–Trinajstić information content (AvgIpc) is 3.62. The van der Waals surface area contributed by atoms with Crippen LogP contribution in [0.25, 0.3) is 34.0 Å². The summed E-state index contributed by atoms with van der Waals surface area (Å²) in [6.45, 7) is 10.8. The van der Waals surface area contributed by atoms with Gasteiger partial charge in [-0.05, 0) is 117 Å². The van der Waals surface area contributed by atoms with Crippen LogP contribution in [0.1, 0.15) is 71.4 Å². The third-order valence-corrected chi connectivity index (χ3v) is 9.20. The molecule has 0 radical (unpaired) electrons. The van der Waals surface area contributed by atoms with Crippen molar-refractivity contribution in [1.29, 1.82) is 5.41 Å². The van der Waals surface area contributed by atoms with Crippen LogP contribution in [0.4, 0.5) is 4.79 Å². The molecule has 12 nitrogen and oxygen atoms in total. The normalized spacial score (nSPS) is 16.5. The molecule has 0 bridgehead atoms. The smallest absolute Gasteiger partial charge is 0.436 e. The molecule has 2 saturated heterocycles. The fraction of sp³-hybridized carbons (Fsp3) is 0.308. The Kier molecular flexibility index (Phi) is 13.3. The van der Waals surface area contributed by atoms with E-state index < -0.39 is 11.7 Å². The molecule has 0 unspecified atom stereocenters. The quantitative estimate of drug-likeness (QED) is 0.106. The maximum atomic E-state index is 12.3. The Balaban J connectivity index is 0.000000211. The predicted molar refractivity (Wildman–Crippen MR) is 213 cm³/mol. The minimum atomic E-state index is -0.739. The summed E-state index contributed by atoms with van der Waals surface area (Å²) < 4.78 is 16.9. The molecule has 2 aliphatic heterocycles. The molecule has 2 aliphatic rings. The number of hydrogen-bond donors (Lipinski definition) is 3. The third kappa shape index (κ3) is 11.1. The van der Waals surface area contributed by atoms with Crippen molar-refractivity contribution in [3.05, 3.63) is 81.9 Å². The van der Waals surface area contributed by atoms with Gasteiger partial charge in [0, 0.05) is 23.2 Å². The number of nitrogens with zero attached hydrogens (tertiary/aromatic N) is 3. The summed E-state index contributed by atoms with van der Waals surface area (Å²) in [4.78, 5) is 49.4. The van der Waals surface area contributed by atoms with Gasteiger partial charge >= 0.3 is 6.09 Å². The largest absolute Gasteiger partial charge is 0.493 e. The minimum absolute atomic E-state index is 0.160. The van der Waals surface area contributed by atoms with Crippen LogP contribution in [-0.4, -0.2) is 57.0 Å². The predicted octanol–water partition coefficient (Wildman–Crippen LogP) is 8.46. The first kappa shape index (κ1) is 39.0. The number of thioether (sulfide) groups is 2. The van der Waals surface area contributed by atoms with Gasteiger partial charge in [-0.25, -0.2) is 4.79 Å². The van der Waals surface area contributed by atoms with Crippen LogP contribution in [0.2, 0.25) is 0 Å². The van der Waals surface area contributed by atoms with Crippen LogP contribution < -0.4 is 20.1 Å². The lowest BCUT2D eigenvalue weighted by Crippen LogP contribution is -2.25. The van der Waals surface area contributed by atoms with Crippen molar-refractivity contribution in [2.45, 2.75) is 65.9 Å². The Hall–Kier alpha value is -5.21. The SMILES string of the molecule is CCCCOc1ccnc2ccc(/C=C3\SC(=N)NC3=O)cc12.CCCCOc1ccnc2ccc(/C=C3\SC(=NC(=O)OC(C)(C)C)NC3=O)cc12. The molecule has 14 heteroatoms. The number of amidine groups is 2. The molecular formula is C39H42N6O6S2. The topological polar surface area (TPSA) is 165 Å². The summed E-state index contributed by atoms with van der Waals surface area (Å²) in [5, 5.41) is 14.7. The summed E-state index contributed by atoms with van der Waals surface area (Å²) in [6.07, 6.45) is 10.4. The Morgan fingerprint density at radius 1 is 0.792 bits per heavy atom. The van der Waals surface area contributed by atoms with E-state index in [4.69, 9.17) is 19.6 Å². The number of amides is 3. The number of benzene rings is 2. The van der Waals surface area contributed by atoms with Gasteiger partial charge in [0.25, 0.3) is 11.8 Å². The number of pyridine rings is 2. The second-order valence-corrected chi connectivity index (χ2v) is 15.0. The molecule has 6 rings (SSSR count). The zero-order valence-electron chi connectivity index (χ0n) is 30.3. The highest BCUT2D eigenvalue weighted by molar-refractivity contribution is 8.19. The van der Waals surface area contributed by atoms with Gasteiger partial charge in [-0.15, -0.1) is 0 Å². The van der Waals surface area contributed by atoms with E-state index in [-0.39, 0.29) is 22.1 Å². The van der Waals surface area contributed by atoms with Crippen molar-refractivity contribution in [3.63, 3.8) is 0 Å². The first-order valence-corrected chi connectivity index (χ1v) is 18.9. The van der Waals surface area contributed by atoms with E-state index >= 15 is 0 Å². The van der Waals surface area contributed by atoms with Crippen LogP contribution in [0.3, 0.4) is 0 Å². The van der Waals surface area contributed by atoms with Crippen LogP contribution in [0, 0.1) is 5.41 Å². The van der Waals surface area contributed by atoms with Crippen LogP contribution in [0.15, 0.2) is 75.7 Å². The molecular weight excluding hydrogens is 713 g/mol. The van der Waals surface area contributed by atoms with Crippen molar-refractivity contribution in [3.8, 4) is 11.5 Å². The highest BCUT2D eigenvalue weighted by Crippen LogP contribution is 2.31.